The van der Waals surface area contributed by atoms with Crippen molar-refractivity contribution in [2.45, 2.75) is 68.4 Å². The molecule has 0 aromatic heterocycles. The van der Waals surface area contributed by atoms with E-state index in [1.165, 1.54) is 0 Å². The summed E-state index contributed by atoms with van der Waals surface area (Å²) >= 11 is 0. The third-order valence-electron chi connectivity index (χ3n) is 15.5. The van der Waals surface area contributed by atoms with Crippen LogP contribution >= 0.6 is 0 Å². The van der Waals surface area contributed by atoms with Gasteiger partial charge in [0.1, 0.15) is 0 Å². The number of carbonyl (C=O) groups is 2. The third-order valence-corrected chi connectivity index (χ3v) is 57.5. The molecular weight excluding hydrogens is 324 g/mol. The second-order valence-corrected chi connectivity index (χ2v) is 35.4. The van der Waals surface area contributed by atoms with Crippen LogP contribution in [0.3, 0.4) is 0 Å². The molecule has 120 valence electrons. The van der Waals surface area contributed by atoms with Gasteiger partial charge in [-0.05, 0) is 13.3 Å². The molecular formula is C17H20FeO4. The Morgan fingerprint density at radius 2 is 1.36 bits per heavy atom. The fraction of sp³-hybridized carbons (Fsp3) is 0.765. The van der Waals surface area contributed by atoms with Crippen LogP contribution in [-0.2, 0) is 25.9 Å². The Kier molecular flexibility index (Phi) is 0.473. The molecule has 1 spiro atoms. The number of hydrogen-bond donors (Lipinski definition) is 0. The Labute approximate surface area is 118 Å². The van der Waals surface area contributed by atoms with E-state index in [0.29, 0.717) is 5.57 Å². The Morgan fingerprint density at radius 1 is 0.955 bits per heavy atom. The van der Waals surface area contributed by atoms with Gasteiger partial charge in [0.05, 0.1) is 0 Å². The van der Waals surface area contributed by atoms with Gasteiger partial charge in [-0.1, -0.05) is 13.0 Å². The van der Waals surface area contributed by atoms with Crippen LogP contribution in [0.2, 0.25) is 48.2 Å². The molecule has 10 heterocycles. The van der Waals surface area contributed by atoms with Crippen molar-refractivity contribution >= 4 is 12.4 Å². The van der Waals surface area contributed by atoms with E-state index in [0.717, 1.165) is 6.42 Å². The van der Waals surface area contributed by atoms with Crippen LogP contribution in [0.25, 0.3) is 0 Å². The molecule has 4 nitrogen and oxygen atoms in total. The number of hydrogen-bond acceptors (Lipinski definition) is 4. The zero-order chi connectivity index (χ0) is 14.8. The van der Waals surface area contributed by atoms with Crippen molar-refractivity contribution in [1.82, 2.24) is 0 Å². The quantitative estimate of drug-likeness (QED) is 0.250. The summed E-state index contributed by atoms with van der Waals surface area (Å²) in [6, 6.07) is 0. The summed E-state index contributed by atoms with van der Waals surface area (Å²) in [5.41, 5.74) is 0.425. The minimum atomic E-state index is -2.28. The average Bonchev–Trinajstić information content (AvgIpc) is 3.46. The topological polar surface area (TPSA) is 52.6 Å². The summed E-state index contributed by atoms with van der Waals surface area (Å²) in [4.78, 5) is 44.0. The second-order valence-electron chi connectivity index (χ2n) is 11.4. The molecule has 0 bridgehead atoms. The molecule has 0 N–H and O–H groups in total. The van der Waals surface area contributed by atoms with E-state index in [1.54, 1.807) is 61.2 Å². The summed E-state index contributed by atoms with van der Waals surface area (Å²) in [5.74, 6) is -0.640. The molecule has 0 atom stereocenters. The number of carbonyl (C=O) groups excluding carboxylic acids is 2. The van der Waals surface area contributed by atoms with E-state index in [-0.39, 0.29) is 6.47 Å². The molecule has 0 radical (unpaired) electrons. The standard InChI is InChI=1S/C7H10O4.2C5H5.Fe/c1-3-4-6(2)7(9)11-10-5-8;2*1-2-4-5-3-1;/h4-5H,3H2,1-2H3;2*1-5H;. The van der Waals surface area contributed by atoms with E-state index in [1.807, 2.05) is 6.92 Å². The molecule has 0 unspecified atom stereocenters. The molecule has 0 saturated carbocycles. The van der Waals surface area contributed by atoms with E-state index in [2.05, 4.69) is 9.78 Å². The minimum absolute atomic E-state index is 0.0527. The Hall–Kier alpha value is -0.801. The van der Waals surface area contributed by atoms with Crippen LogP contribution in [0.4, 0.5) is 0 Å². The molecule has 0 aromatic rings. The van der Waals surface area contributed by atoms with Crippen molar-refractivity contribution in [1.29, 1.82) is 0 Å². The summed E-state index contributed by atoms with van der Waals surface area (Å²) in [6.07, 6.45) is 2.42. The molecule has 10 aliphatic heterocycles. The SMILES string of the molecule is CCC=C(C)C(=O)OOC=O.[CH]12[CH]3[CH]4[CH]5[CH]1[Fe]23451678[CH]2[CH]1[CH]6[CH]7[CH]28. The normalized spacial score (nSPS) is 90.7. The predicted octanol–water partition coefficient (Wildman–Crippen LogP) is 4.35. The van der Waals surface area contributed by atoms with Gasteiger partial charge in [0.2, 0.25) is 0 Å². The van der Waals surface area contributed by atoms with Gasteiger partial charge < -0.3 is 0 Å². The van der Waals surface area contributed by atoms with Crippen LogP contribution in [-0.4, -0.2) is 12.4 Å². The van der Waals surface area contributed by atoms with E-state index in [4.69, 9.17) is 0 Å². The van der Waals surface area contributed by atoms with Crippen molar-refractivity contribution in [2.75, 3.05) is 0 Å². The fourth-order valence-corrected chi connectivity index (χ4v) is 88.5. The molecule has 10 fully saturated rings. The van der Waals surface area contributed by atoms with Crippen molar-refractivity contribution in [3.8, 4) is 0 Å². The molecule has 0 aromatic carbocycles. The summed E-state index contributed by atoms with van der Waals surface area (Å²) < 4.78 is 0. The fourth-order valence-electron chi connectivity index (χ4n) is 16.3. The molecule has 0 amide bonds. The Morgan fingerprint density at radius 3 is 1.59 bits per heavy atom. The van der Waals surface area contributed by atoms with Gasteiger partial charge in [0, 0.05) is 5.57 Å². The van der Waals surface area contributed by atoms with Gasteiger partial charge in [-0.3, -0.25) is 9.68 Å². The zero-order valence-corrected chi connectivity index (χ0v) is 13.7. The maximum absolute atomic E-state index is 10.7. The number of allylic oxidation sites excluding steroid dienone is 1. The van der Waals surface area contributed by atoms with Crippen molar-refractivity contribution in [2.24, 2.45) is 0 Å². The maximum atomic E-state index is 10.7. The average molecular weight is 344 g/mol. The van der Waals surface area contributed by atoms with Gasteiger partial charge in [0.25, 0.3) is 0 Å². The first kappa shape index (κ1) is 10.1. The van der Waals surface area contributed by atoms with Gasteiger partial charge in [0.15, 0.2) is 0 Å². The number of fused-ring (bicyclic) bond motifs is 10. The Balaban J connectivity index is 0.0000000818. The molecule has 10 saturated heterocycles. The molecule has 5 heteroatoms. The third kappa shape index (κ3) is 0.144. The summed E-state index contributed by atoms with van der Waals surface area (Å²) in [5, 5.41) is 0. The number of rotatable bonds is 4. The van der Waals surface area contributed by atoms with Crippen molar-refractivity contribution < 1.29 is 25.9 Å². The summed E-state index contributed by atoms with van der Waals surface area (Å²) in [6.45, 7) is 1.24. The van der Waals surface area contributed by atoms with E-state index < -0.39 is 12.5 Å². The molecule has 10 aliphatic rings. The van der Waals surface area contributed by atoms with Gasteiger partial charge in [-0.2, -0.15) is 0 Å². The first-order chi connectivity index (χ1) is 10.4. The van der Waals surface area contributed by atoms with Crippen LogP contribution < -0.4 is 0 Å². The first-order valence-electron chi connectivity index (χ1n) is 8.57. The van der Waals surface area contributed by atoms with Crippen LogP contribution in [0.1, 0.15) is 20.3 Å². The molecule has 0 aliphatic carbocycles. The first-order valence-corrected chi connectivity index (χ1v) is 14.9. The van der Waals surface area contributed by atoms with E-state index in [9.17, 15) is 9.59 Å². The van der Waals surface area contributed by atoms with Crippen molar-refractivity contribution in [3.05, 3.63) is 11.6 Å². The predicted molar refractivity (Wildman–Crippen MR) is 74.8 cm³/mol. The monoisotopic (exact) mass is 344 g/mol. The second kappa shape index (κ2) is 1.03. The zero-order valence-electron chi connectivity index (χ0n) is 12.6. The van der Waals surface area contributed by atoms with Crippen molar-refractivity contribution in [3.63, 3.8) is 0 Å². The molecule has 10 rings (SSSR count). The van der Waals surface area contributed by atoms with Crippen LogP contribution in [0.5, 0.6) is 0 Å². The van der Waals surface area contributed by atoms with Gasteiger partial charge >= 0.3 is 67.1 Å². The van der Waals surface area contributed by atoms with Gasteiger partial charge in [-0.25, -0.2) is 9.68 Å². The van der Waals surface area contributed by atoms with Crippen LogP contribution in [0.15, 0.2) is 11.6 Å². The summed E-state index contributed by atoms with van der Waals surface area (Å²) in [7, 11) is 0. The van der Waals surface area contributed by atoms with Crippen LogP contribution in [0, 0.1) is 0 Å². The molecule has 22 heavy (non-hydrogen) atoms. The van der Waals surface area contributed by atoms with Gasteiger partial charge in [-0.15, -0.1) is 0 Å². The van der Waals surface area contributed by atoms with E-state index >= 15 is 0 Å². The Bertz CT molecular complexity index is 890.